The first-order chi connectivity index (χ1) is 5.68. The molecular formula is C7H14N4S. The topological polar surface area (TPSA) is 41.1 Å². The molecule has 0 spiro atoms. The van der Waals surface area contributed by atoms with Crippen molar-refractivity contribution in [1.82, 2.24) is 15.1 Å². The van der Waals surface area contributed by atoms with Gasteiger partial charge in [0.15, 0.2) is 0 Å². The molecule has 1 heterocycles. The van der Waals surface area contributed by atoms with Gasteiger partial charge in [-0.2, -0.15) is 0 Å². The molecule has 0 fully saturated rings. The first-order valence-electron chi connectivity index (χ1n) is 3.87. The van der Waals surface area contributed by atoms with E-state index < -0.39 is 0 Å². The molecule has 0 atom stereocenters. The van der Waals surface area contributed by atoms with Crippen molar-refractivity contribution in [2.45, 2.75) is 6.92 Å². The maximum atomic E-state index is 3.95. The van der Waals surface area contributed by atoms with Crippen LogP contribution in [0.3, 0.4) is 0 Å². The van der Waals surface area contributed by atoms with Crippen molar-refractivity contribution < 1.29 is 0 Å². The standard InChI is InChI=1S/C7H14N4S/c1-6-9-10-7(12-6)8-4-5-11(2)3/h4-5H2,1-3H3,(H,8,10). The summed E-state index contributed by atoms with van der Waals surface area (Å²) in [5.41, 5.74) is 0. The summed E-state index contributed by atoms with van der Waals surface area (Å²) < 4.78 is 0. The molecule has 1 N–H and O–H groups in total. The SMILES string of the molecule is Cc1nnc(NCCN(C)C)s1. The molecule has 0 saturated heterocycles. The maximum Gasteiger partial charge on any atom is 0.205 e. The van der Waals surface area contributed by atoms with Gasteiger partial charge in [0.2, 0.25) is 5.13 Å². The Hall–Kier alpha value is -0.680. The van der Waals surface area contributed by atoms with Crippen LogP contribution < -0.4 is 5.32 Å². The third-order valence-corrected chi connectivity index (χ3v) is 2.16. The first-order valence-corrected chi connectivity index (χ1v) is 4.69. The lowest BCUT2D eigenvalue weighted by molar-refractivity contribution is 0.425. The second-order valence-electron chi connectivity index (χ2n) is 2.86. The lowest BCUT2D eigenvalue weighted by Crippen LogP contribution is -2.20. The van der Waals surface area contributed by atoms with Crippen LogP contribution in [0.25, 0.3) is 0 Å². The zero-order chi connectivity index (χ0) is 8.97. The van der Waals surface area contributed by atoms with E-state index in [4.69, 9.17) is 0 Å². The van der Waals surface area contributed by atoms with Crippen LogP contribution >= 0.6 is 11.3 Å². The summed E-state index contributed by atoms with van der Waals surface area (Å²) in [5, 5.41) is 13.0. The van der Waals surface area contributed by atoms with Crippen molar-refractivity contribution in [2.75, 3.05) is 32.5 Å². The number of likely N-dealkylation sites (N-methyl/N-ethyl adjacent to an activating group) is 1. The van der Waals surface area contributed by atoms with Gasteiger partial charge >= 0.3 is 0 Å². The molecule has 68 valence electrons. The second-order valence-corrected chi connectivity index (χ2v) is 4.04. The highest BCUT2D eigenvalue weighted by molar-refractivity contribution is 7.15. The molecule has 1 rings (SSSR count). The number of hydrogen-bond donors (Lipinski definition) is 1. The van der Waals surface area contributed by atoms with Gasteiger partial charge in [0.05, 0.1) is 0 Å². The van der Waals surface area contributed by atoms with Gasteiger partial charge in [-0.3, -0.25) is 0 Å². The van der Waals surface area contributed by atoms with Gasteiger partial charge in [0.25, 0.3) is 0 Å². The number of aromatic nitrogens is 2. The maximum absolute atomic E-state index is 3.95. The highest BCUT2D eigenvalue weighted by Gasteiger charge is 1.97. The first kappa shape index (κ1) is 9.41. The Morgan fingerprint density at radius 1 is 1.42 bits per heavy atom. The number of aryl methyl sites for hydroxylation is 1. The van der Waals surface area contributed by atoms with Crippen molar-refractivity contribution in [3.63, 3.8) is 0 Å². The smallest absolute Gasteiger partial charge is 0.205 e. The molecule has 12 heavy (non-hydrogen) atoms. The molecule has 0 unspecified atom stereocenters. The van der Waals surface area contributed by atoms with Crippen LogP contribution in [0.5, 0.6) is 0 Å². The van der Waals surface area contributed by atoms with E-state index in [0.29, 0.717) is 0 Å². The van der Waals surface area contributed by atoms with Gasteiger partial charge in [0, 0.05) is 13.1 Å². The molecule has 1 aromatic heterocycles. The third kappa shape index (κ3) is 3.15. The van der Waals surface area contributed by atoms with E-state index in [9.17, 15) is 0 Å². The van der Waals surface area contributed by atoms with E-state index in [1.54, 1.807) is 11.3 Å². The normalized spacial score (nSPS) is 10.7. The summed E-state index contributed by atoms with van der Waals surface area (Å²) in [5.74, 6) is 0. The molecule has 0 radical (unpaired) electrons. The minimum absolute atomic E-state index is 0.911. The van der Waals surface area contributed by atoms with Crippen LogP contribution in [0.4, 0.5) is 5.13 Å². The van der Waals surface area contributed by atoms with Crippen molar-refractivity contribution in [2.24, 2.45) is 0 Å². The lowest BCUT2D eigenvalue weighted by Gasteiger charge is -2.08. The summed E-state index contributed by atoms with van der Waals surface area (Å²) in [7, 11) is 4.10. The van der Waals surface area contributed by atoms with Crippen LogP contribution in [-0.2, 0) is 0 Å². The molecule has 0 amide bonds. The fourth-order valence-electron chi connectivity index (χ4n) is 0.754. The van der Waals surface area contributed by atoms with E-state index in [1.807, 2.05) is 21.0 Å². The van der Waals surface area contributed by atoms with Crippen LogP contribution in [0.15, 0.2) is 0 Å². The van der Waals surface area contributed by atoms with Crippen molar-refractivity contribution in [3.8, 4) is 0 Å². The van der Waals surface area contributed by atoms with Gasteiger partial charge in [-0.25, -0.2) is 0 Å². The van der Waals surface area contributed by atoms with Gasteiger partial charge in [-0.15, -0.1) is 10.2 Å². The van der Waals surface area contributed by atoms with Crippen molar-refractivity contribution in [3.05, 3.63) is 5.01 Å². The second kappa shape index (κ2) is 4.37. The zero-order valence-electron chi connectivity index (χ0n) is 7.66. The van der Waals surface area contributed by atoms with E-state index in [2.05, 4.69) is 20.4 Å². The monoisotopic (exact) mass is 186 g/mol. The van der Waals surface area contributed by atoms with Gasteiger partial charge in [0.1, 0.15) is 5.01 Å². The molecule has 0 bridgehead atoms. The summed E-state index contributed by atoms with van der Waals surface area (Å²) in [4.78, 5) is 2.13. The van der Waals surface area contributed by atoms with Crippen LogP contribution in [0.2, 0.25) is 0 Å². The zero-order valence-corrected chi connectivity index (χ0v) is 8.48. The van der Waals surface area contributed by atoms with E-state index in [0.717, 1.165) is 23.2 Å². The predicted octanol–water partition coefficient (Wildman–Crippen LogP) is 0.820. The Morgan fingerprint density at radius 2 is 2.17 bits per heavy atom. The summed E-state index contributed by atoms with van der Waals surface area (Å²) in [6, 6.07) is 0. The summed E-state index contributed by atoms with van der Waals surface area (Å²) in [6.45, 7) is 3.88. The molecule has 5 heteroatoms. The number of rotatable bonds is 4. The Morgan fingerprint density at radius 3 is 2.67 bits per heavy atom. The van der Waals surface area contributed by atoms with Crippen LogP contribution in [-0.4, -0.2) is 42.3 Å². The molecule has 0 saturated carbocycles. The fourth-order valence-corrected chi connectivity index (χ4v) is 1.37. The van der Waals surface area contributed by atoms with Crippen LogP contribution in [0, 0.1) is 6.92 Å². The highest BCUT2D eigenvalue weighted by Crippen LogP contribution is 2.12. The van der Waals surface area contributed by atoms with Crippen molar-refractivity contribution >= 4 is 16.5 Å². The predicted molar refractivity (Wildman–Crippen MR) is 51.7 cm³/mol. The minimum Gasteiger partial charge on any atom is -0.359 e. The average Bonchev–Trinajstić information content (AvgIpc) is 2.35. The summed E-state index contributed by atoms with van der Waals surface area (Å²) >= 11 is 1.59. The van der Waals surface area contributed by atoms with Gasteiger partial charge in [-0.05, 0) is 21.0 Å². The minimum atomic E-state index is 0.911. The average molecular weight is 186 g/mol. The molecule has 4 nitrogen and oxygen atoms in total. The number of nitrogens with zero attached hydrogens (tertiary/aromatic N) is 3. The Kier molecular flexibility index (Phi) is 3.43. The van der Waals surface area contributed by atoms with Gasteiger partial charge < -0.3 is 10.2 Å². The van der Waals surface area contributed by atoms with Gasteiger partial charge in [-0.1, -0.05) is 11.3 Å². The third-order valence-electron chi connectivity index (χ3n) is 1.36. The fraction of sp³-hybridized carbons (Fsp3) is 0.714. The highest BCUT2D eigenvalue weighted by atomic mass is 32.1. The Balaban J connectivity index is 2.24. The van der Waals surface area contributed by atoms with E-state index in [-0.39, 0.29) is 0 Å². The molecule has 0 aliphatic rings. The quantitative estimate of drug-likeness (QED) is 0.756. The number of anilines is 1. The molecular weight excluding hydrogens is 172 g/mol. The van der Waals surface area contributed by atoms with Crippen LogP contribution in [0.1, 0.15) is 5.01 Å². The van der Waals surface area contributed by atoms with E-state index in [1.165, 1.54) is 0 Å². The molecule has 0 aromatic carbocycles. The summed E-state index contributed by atoms with van der Waals surface area (Å²) in [6.07, 6.45) is 0. The number of nitrogens with one attached hydrogen (secondary N) is 1. The Labute approximate surface area is 76.6 Å². The van der Waals surface area contributed by atoms with Crippen molar-refractivity contribution in [1.29, 1.82) is 0 Å². The molecule has 1 aromatic rings. The molecule has 0 aliphatic heterocycles. The van der Waals surface area contributed by atoms with E-state index >= 15 is 0 Å². The number of hydrogen-bond acceptors (Lipinski definition) is 5. The largest absolute Gasteiger partial charge is 0.359 e. The lowest BCUT2D eigenvalue weighted by atomic mass is 10.6. The molecule has 0 aliphatic carbocycles. The Bertz CT molecular complexity index is 233.